The molecule has 6 N–H and O–H groups in total. The largest absolute Gasteiger partial charge is 0.508 e. The molecule has 0 spiro atoms. The number of aryl methyl sites for hydroxylation is 1. The summed E-state index contributed by atoms with van der Waals surface area (Å²) < 4.78 is 1.71. The number of benzene rings is 1. The Kier molecular flexibility index (Phi) is 3.74. The maximum Gasteiger partial charge on any atom is 0.145 e. The molecule has 0 bridgehead atoms. The number of nitrogens with two attached hydrogens (primary N) is 2. The minimum absolute atomic E-state index is 0.162. The molecule has 6 nitrogen and oxygen atoms in total. The fourth-order valence-electron chi connectivity index (χ4n) is 1.94. The number of rotatable bonds is 4. The third-order valence-corrected chi connectivity index (χ3v) is 3.22. The van der Waals surface area contributed by atoms with Crippen LogP contribution in [-0.2, 0) is 6.54 Å². The van der Waals surface area contributed by atoms with Gasteiger partial charge in [-0.15, -0.1) is 0 Å². The van der Waals surface area contributed by atoms with Crippen LogP contribution in [0.2, 0.25) is 0 Å². The highest BCUT2D eigenvalue weighted by molar-refractivity contribution is 5.63. The molecule has 0 amide bonds. The van der Waals surface area contributed by atoms with E-state index >= 15 is 0 Å². The lowest BCUT2D eigenvalue weighted by Crippen LogP contribution is -2.07. The molecule has 0 aliphatic heterocycles. The lowest BCUT2D eigenvalue weighted by Gasteiger charge is -2.07. The Bertz CT molecular complexity index is 618. The topological polar surface area (TPSA) is 102 Å². The molecular weight excluding hydrogens is 254 g/mol. The summed E-state index contributed by atoms with van der Waals surface area (Å²) in [7, 11) is 0. The molecule has 0 aliphatic carbocycles. The molecule has 0 aliphatic rings. The van der Waals surface area contributed by atoms with E-state index < -0.39 is 0 Å². The maximum atomic E-state index is 9.67. The van der Waals surface area contributed by atoms with E-state index in [0.717, 1.165) is 11.3 Å². The minimum atomic E-state index is 0.162. The first-order valence-corrected chi connectivity index (χ1v) is 6.56. The van der Waals surface area contributed by atoms with Crippen LogP contribution in [-0.4, -0.2) is 14.9 Å². The number of anilines is 3. The van der Waals surface area contributed by atoms with E-state index in [1.807, 2.05) is 32.9 Å². The van der Waals surface area contributed by atoms with E-state index in [4.69, 9.17) is 11.5 Å². The molecule has 2 aromatic rings. The zero-order chi connectivity index (χ0) is 14.9. The van der Waals surface area contributed by atoms with E-state index in [1.54, 1.807) is 10.7 Å². The number of phenolic OH excluding ortho intramolecular Hbond substituents is 1. The molecular formula is C14H21N5O. The van der Waals surface area contributed by atoms with E-state index in [9.17, 15) is 5.11 Å². The average Bonchev–Trinajstić information content (AvgIpc) is 2.68. The average molecular weight is 275 g/mol. The van der Waals surface area contributed by atoms with Crippen LogP contribution in [0.1, 0.15) is 31.1 Å². The molecule has 1 heterocycles. The zero-order valence-corrected chi connectivity index (χ0v) is 12.0. The summed E-state index contributed by atoms with van der Waals surface area (Å²) in [5, 5.41) is 17.3. The van der Waals surface area contributed by atoms with Gasteiger partial charge in [-0.25, -0.2) is 4.68 Å². The van der Waals surface area contributed by atoms with Gasteiger partial charge >= 0.3 is 0 Å². The summed E-state index contributed by atoms with van der Waals surface area (Å²) in [5.74, 6) is 0.749. The van der Waals surface area contributed by atoms with Crippen molar-refractivity contribution in [1.29, 1.82) is 0 Å². The summed E-state index contributed by atoms with van der Waals surface area (Å²) in [4.78, 5) is 0. The highest BCUT2D eigenvalue weighted by Gasteiger charge is 2.14. The second kappa shape index (κ2) is 5.32. The number of aromatic nitrogens is 2. The van der Waals surface area contributed by atoms with Gasteiger partial charge in [-0.3, -0.25) is 0 Å². The molecule has 0 fully saturated rings. The van der Waals surface area contributed by atoms with Gasteiger partial charge in [0.2, 0.25) is 0 Å². The lowest BCUT2D eigenvalue weighted by atomic mass is 10.2. The molecule has 0 saturated heterocycles. The van der Waals surface area contributed by atoms with Crippen molar-refractivity contribution in [3.63, 3.8) is 0 Å². The number of nitrogens with zero attached hydrogens (tertiary/aromatic N) is 2. The maximum absolute atomic E-state index is 9.67. The van der Waals surface area contributed by atoms with E-state index in [-0.39, 0.29) is 11.8 Å². The summed E-state index contributed by atoms with van der Waals surface area (Å²) in [6.45, 7) is 6.30. The van der Waals surface area contributed by atoms with Gasteiger partial charge in [-0.05, 0) is 32.4 Å². The van der Waals surface area contributed by atoms with Gasteiger partial charge in [0.1, 0.15) is 17.3 Å². The van der Waals surface area contributed by atoms with Gasteiger partial charge in [-0.2, -0.15) is 5.10 Å². The van der Waals surface area contributed by atoms with Gasteiger partial charge in [0.15, 0.2) is 0 Å². The van der Waals surface area contributed by atoms with Gasteiger partial charge < -0.3 is 21.9 Å². The van der Waals surface area contributed by atoms with Crippen LogP contribution in [0.5, 0.6) is 5.75 Å². The van der Waals surface area contributed by atoms with Gasteiger partial charge in [0.05, 0.1) is 12.2 Å². The molecule has 0 radical (unpaired) electrons. The fourth-order valence-corrected chi connectivity index (χ4v) is 1.94. The van der Waals surface area contributed by atoms with Crippen LogP contribution < -0.4 is 16.8 Å². The van der Waals surface area contributed by atoms with Crippen LogP contribution in [0.15, 0.2) is 18.2 Å². The van der Waals surface area contributed by atoms with Gasteiger partial charge in [-0.1, -0.05) is 6.07 Å². The van der Waals surface area contributed by atoms with Crippen molar-refractivity contribution in [3.05, 3.63) is 29.5 Å². The second-order valence-electron chi connectivity index (χ2n) is 5.14. The van der Waals surface area contributed by atoms with Crippen molar-refractivity contribution in [2.75, 3.05) is 16.8 Å². The predicted octanol–water partition coefficient (Wildman–Crippen LogP) is 2.25. The van der Waals surface area contributed by atoms with E-state index in [2.05, 4.69) is 10.4 Å². The van der Waals surface area contributed by atoms with Crippen LogP contribution in [0, 0.1) is 6.92 Å². The third-order valence-electron chi connectivity index (χ3n) is 3.22. The highest BCUT2D eigenvalue weighted by atomic mass is 16.3. The van der Waals surface area contributed by atoms with Gasteiger partial charge in [0.25, 0.3) is 0 Å². The summed E-state index contributed by atoms with van der Waals surface area (Å²) in [5.41, 5.74) is 14.7. The number of phenols is 1. The smallest absolute Gasteiger partial charge is 0.145 e. The van der Waals surface area contributed by atoms with Crippen molar-refractivity contribution < 1.29 is 5.11 Å². The number of nitrogens with one attached hydrogen (secondary N) is 1. The Morgan fingerprint density at radius 3 is 2.60 bits per heavy atom. The normalized spacial score (nSPS) is 11.0. The molecule has 108 valence electrons. The Balaban J connectivity index is 2.14. The quantitative estimate of drug-likeness (QED) is 0.685. The molecule has 0 unspecified atom stereocenters. The van der Waals surface area contributed by atoms with Crippen LogP contribution in [0.25, 0.3) is 0 Å². The van der Waals surface area contributed by atoms with Crippen LogP contribution >= 0.6 is 0 Å². The Labute approximate surface area is 118 Å². The fraction of sp³-hybridized carbons (Fsp3) is 0.357. The highest BCUT2D eigenvalue weighted by Crippen LogP contribution is 2.25. The summed E-state index contributed by atoms with van der Waals surface area (Å²) >= 11 is 0. The first kappa shape index (κ1) is 14.0. The Morgan fingerprint density at radius 2 is 2.05 bits per heavy atom. The molecule has 6 heteroatoms. The first-order chi connectivity index (χ1) is 9.40. The molecule has 1 aromatic heterocycles. The number of nitrogen functional groups attached to an aromatic ring is 2. The Hall–Kier alpha value is -2.37. The van der Waals surface area contributed by atoms with Crippen molar-refractivity contribution in [3.8, 4) is 5.75 Å². The zero-order valence-electron chi connectivity index (χ0n) is 12.0. The molecule has 2 rings (SSSR count). The SMILES string of the molecule is Cc1ccc(NCc2nn(C(C)C)c(N)c2N)cc1O. The van der Waals surface area contributed by atoms with E-state index in [1.165, 1.54) is 0 Å². The monoisotopic (exact) mass is 275 g/mol. The molecule has 0 atom stereocenters. The standard InChI is InChI=1S/C14H21N5O/c1-8(2)19-14(16)13(15)11(18-19)7-17-10-5-4-9(3)12(20)6-10/h4-6,8,17,20H,7,15-16H2,1-3H3. The summed E-state index contributed by atoms with van der Waals surface area (Å²) in [6.07, 6.45) is 0. The number of hydrogen-bond donors (Lipinski definition) is 4. The summed E-state index contributed by atoms with van der Waals surface area (Å²) in [6, 6.07) is 5.58. The lowest BCUT2D eigenvalue weighted by molar-refractivity contribution is 0.471. The third kappa shape index (κ3) is 2.64. The number of hydrogen-bond acceptors (Lipinski definition) is 5. The van der Waals surface area contributed by atoms with E-state index in [0.29, 0.717) is 23.7 Å². The number of aromatic hydroxyl groups is 1. The van der Waals surface area contributed by atoms with Crippen molar-refractivity contribution in [2.45, 2.75) is 33.4 Å². The molecule has 1 aromatic carbocycles. The van der Waals surface area contributed by atoms with Crippen LogP contribution in [0.4, 0.5) is 17.2 Å². The van der Waals surface area contributed by atoms with Crippen molar-refractivity contribution >= 4 is 17.2 Å². The Morgan fingerprint density at radius 1 is 1.35 bits per heavy atom. The predicted molar refractivity (Wildman–Crippen MR) is 81.6 cm³/mol. The molecule has 20 heavy (non-hydrogen) atoms. The van der Waals surface area contributed by atoms with Gasteiger partial charge in [0, 0.05) is 17.8 Å². The first-order valence-electron chi connectivity index (χ1n) is 6.56. The molecule has 0 saturated carbocycles. The van der Waals surface area contributed by atoms with Crippen molar-refractivity contribution in [2.24, 2.45) is 0 Å². The second-order valence-corrected chi connectivity index (χ2v) is 5.14. The minimum Gasteiger partial charge on any atom is -0.508 e. The van der Waals surface area contributed by atoms with Crippen molar-refractivity contribution in [1.82, 2.24) is 9.78 Å². The van der Waals surface area contributed by atoms with Crippen LogP contribution in [0.3, 0.4) is 0 Å².